The number of hydrogen-bond acceptors (Lipinski definition) is 9. The normalized spacial score (nSPS) is 46.8. The molecule has 3 spiro atoms. The minimum absolute atomic E-state index is 0.0450. The minimum Gasteiger partial charge on any atom is -0.495 e. The maximum absolute atomic E-state index is 13.6. The van der Waals surface area contributed by atoms with Crippen LogP contribution >= 0.6 is 0 Å². The molecule has 3 saturated heterocycles. The van der Waals surface area contributed by atoms with Crippen molar-refractivity contribution in [2.24, 2.45) is 5.41 Å². The molecule has 4 heterocycles. The molecule has 0 aromatic heterocycles. The van der Waals surface area contributed by atoms with Crippen molar-refractivity contribution in [3.63, 3.8) is 0 Å². The molecule has 6 fully saturated rings. The minimum atomic E-state index is -2.40. The number of carbonyl (C=O) groups excluding carboxylic acids is 2. The van der Waals surface area contributed by atoms with E-state index in [2.05, 4.69) is 4.90 Å². The van der Waals surface area contributed by atoms with Crippen LogP contribution in [0.5, 0.6) is 5.75 Å². The number of benzene rings is 1. The van der Waals surface area contributed by atoms with Gasteiger partial charge >= 0.3 is 12.1 Å². The Hall–Kier alpha value is -2.40. The molecule has 3 aliphatic carbocycles. The average molecular weight is 472 g/mol. The van der Waals surface area contributed by atoms with Crippen LogP contribution in [0.3, 0.4) is 0 Å². The average Bonchev–Trinajstić information content (AvgIpc) is 3.47. The zero-order valence-electron chi connectivity index (χ0n) is 19.3. The van der Waals surface area contributed by atoms with Crippen molar-refractivity contribution in [3.05, 3.63) is 23.8 Å². The molecular formula is C24H28N2O8. The van der Waals surface area contributed by atoms with E-state index in [-0.39, 0.29) is 24.7 Å². The molecule has 2 bridgehead atoms. The molecule has 1 amide bonds. The molecule has 10 nitrogen and oxygen atoms in total. The number of anilines is 1. The number of esters is 1. The van der Waals surface area contributed by atoms with Crippen molar-refractivity contribution in [1.82, 2.24) is 4.90 Å². The number of epoxide rings is 1. The molecule has 34 heavy (non-hydrogen) atoms. The lowest BCUT2D eigenvalue weighted by molar-refractivity contribution is -0.279. The Kier molecular flexibility index (Phi) is 3.72. The van der Waals surface area contributed by atoms with Gasteiger partial charge in [0.05, 0.1) is 39.2 Å². The van der Waals surface area contributed by atoms with Gasteiger partial charge in [-0.2, -0.15) is 0 Å². The number of amides is 1. The number of nitrogens with zero attached hydrogens (tertiary/aromatic N) is 2. The number of ether oxygens (including phenoxy) is 4. The third kappa shape index (κ3) is 1.72. The molecule has 3 saturated carbocycles. The van der Waals surface area contributed by atoms with Gasteiger partial charge in [-0.3, -0.25) is 9.80 Å². The molecule has 8 rings (SSSR count). The molecular weight excluding hydrogens is 444 g/mol. The third-order valence-electron chi connectivity index (χ3n) is 10.0. The number of methoxy groups -OCH3 is 3. The Morgan fingerprint density at radius 1 is 1.15 bits per heavy atom. The van der Waals surface area contributed by atoms with Gasteiger partial charge < -0.3 is 29.2 Å². The Morgan fingerprint density at radius 3 is 2.65 bits per heavy atom. The monoisotopic (exact) mass is 472 g/mol. The molecule has 182 valence electrons. The summed E-state index contributed by atoms with van der Waals surface area (Å²) in [6.45, 7) is 1.41. The van der Waals surface area contributed by atoms with Crippen LogP contribution in [0.25, 0.3) is 0 Å². The molecule has 2 N–H and O–H groups in total. The van der Waals surface area contributed by atoms with Crippen molar-refractivity contribution in [2.45, 2.75) is 60.2 Å². The molecule has 0 radical (unpaired) electrons. The summed E-state index contributed by atoms with van der Waals surface area (Å²) >= 11 is 0. The summed E-state index contributed by atoms with van der Waals surface area (Å²) in [5.41, 5.74) is -4.37. The lowest BCUT2D eigenvalue weighted by Crippen LogP contribution is -2.92. The highest BCUT2D eigenvalue weighted by molar-refractivity contribution is 6.01. The Bertz CT molecular complexity index is 1140. The van der Waals surface area contributed by atoms with E-state index < -0.39 is 40.1 Å². The first-order valence-corrected chi connectivity index (χ1v) is 11.7. The molecule has 1 aromatic rings. The maximum Gasteiger partial charge on any atom is 0.414 e. The van der Waals surface area contributed by atoms with Gasteiger partial charge in [0.2, 0.25) is 5.60 Å². The second kappa shape index (κ2) is 6.04. The van der Waals surface area contributed by atoms with Crippen LogP contribution in [0.15, 0.2) is 18.2 Å². The van der Waals surface area contributed by atoms with Crippen LogP contribution in [0, 0.1) is 5.41 Å². The second-order valence-corrected chi connectivity index (χ2v) is 10.5. The summed E-state index contributed by atoms with van der Waals surface area (Å²) in [5, 5.41) is 24.5. The zero-order chi connectivity index (χ0) is 23.8. The number of para-hydroxylation sites is 1. The number of rotatable bonds is 2. The van der Waals surface area contributed by atoms with E-state index in [0.29, 0.717) is 30.8 Å². The number of carbonyl (C=O) groups is 2. The lowest BCUT2D eigenvalue weighted by atomic mass is 9.36. The van der Waals surface area contributed by atoms with Gasteiger partial charge in [0.15, 0.2) is 0 Å². The Morgan fingerprint density at radius 2 is 1.94 bits per heavy atom. The van der Waals surface area contributed by atoms with E-state index >= 15 is 0 Å². The predicted molar refractivity (Wildman–Crippen MR) is 116 cm³/mol. The summed E-state index contributed by atoms with van der Waals surface area (Å²) in [5.74, 6) is -0.520. The summed E-state index contributed by atoms with van der Waals surface area (Å²) in [4.78, 5) is 30.8. The molecule has 10 heteroatoms. The Labute approximate surface area is 196 Å². The fraction of sp³-hybridized carbons (Fsp3) is 0.667. The van der Waals surface area contributed by atoms with E-state index in [9.17, 15) is 19.8 Å². The fourth-order valence-electron chi connectivity index (χ4n) is 9.18. The molecule has 8 atom stereocenters. The first-order chi connectivity index (χ1) is 16.3. The number of aliphatic hydroxyl groups is 2. The number of aliphatic hydroxyl groups excluding tert-OH is 1. The van der Waals surface area contributed by atoms with Gasteiger partial charge in [-0.25, -0.2) is 9.59 Å². The lowest BCUT2D eigenvalue weighted by Gasteiger charge is -2.72. The number of hydrogen-bond donors (Lipinski definition) is 2. The fourth-order valence-corrected chi connectivity index (χ4v) is 9.18. The van der Waals surface area contributed by atoms with Crippen molar-refractivity contribution < 1.29 is 38.7 Å². The molecule has 4 aliphatic heterocycles. The van der Waals surface area contributed by atoms with Crippen molar-refractivity contribution in [1.29, 1.82) is 0 Å². The van der Waals surface area contributed by atoms with Crippen LogP contribution in [-0.4, -0.2) is 97.1 Å². The van der Waals surface area contributed by atoms with E-state index in [1.54, 1.807) is 6.07 Å². The standard InChI is InChI=1S/C24H28N2O8/c1-31-13-6-4-5-12-15(13)26(20(29)33-3)23-8-7-21(18(27)24(23,30)19(28)32-2)16-14(34-16)11-25-10-9-22(12,23)17(21)25/h4-6,14,16-18,27,30H,7-11H2,1-3H3/t14-,16-,17-,18+,21+,22+,23-,24+/m0/s1. The number of fused-ring (bicyclic) bond motifs is 4. The van der Waals surface area contributed by atoms with Gasteiger partial charge in [0.25, 0.3) is 0 Å². The van der Waals surface area contributed by atoms with Crippen LogP contribution in [0.1, 0.15) is 24.8 Å². The molecule has 0 unspecified atom stereocenters. The van der Waals surface area contributed by atoms with Gasteiger partial charge in [-0.1, -0.05) is 12.1 Å². The smallest absolute Gasteiger partial charge is 0.414 e. The third-order valence-corrected chi connectivity index (χ3v) is 10.0. The van der Waals surface area contributed by atoms with E-state index in [1.807, 2.05) is 12.1 Å². The van der Waals surface area contributed by atoms with Crippen LogP contribution in [0.4, 0.5) is 10.5 Å². The van der Waals surface area contributed by atoms with Gasteiger partial charge in [-0.15, -0.1) is 0 Å². The first kappa shape index (κ1) is 20.9. The predicted octanol–water partition coefficient (Wildman–Crippen LogP) is 0.172. The summed E-state index contributed by atoms with van der Waals surface area (Å²) in [6, 6.07) is 5.33. The highest BCUT2D eigenvalue weighted by Crippen LogP contribution is 2.79. The Balaban J connectivity index is 1.64. The van der Waals surface area contributed by atoms with Crippen molar-refractivity contribution >= 4 is 17.7 Å². The van der Waals surface area contributed by atoms with Crippen LogP contribution in [-0.2, 0) is 24.4 Å². The number of piperidine rings is 1. The quantitative estimate of drug-likeness (QED) is 0.458. The first-order valence-electron chi connectivity index (χ1n) is 11.7. The van der Waals surface area contributed by atoms with Crippen LogP contribution in [0.2, 0.25) is 0 Å². The summed E-state index contributed by atoms with van der Waals surface area (Å²) < 4.78 is 22.2. The molecule has 1 aromatic carbocycles. The van der Waals surface area contributed by atoms with E-state index in [4.69, 9.17) is 18.9 Å². The highest BCUT2D eigenvalue weighted by atomic mass is 16.6. The maximum atomic E-state index is 13.6. The molecule has 7 aliphatic rings. The second-order valence-electron chi connectivity index (χ2n) is 10.5. The largest absolute Gasteiger partial charge is 0.495 e. The van der Waals surface area contributed by atoms with E-state index in [0.717, 1.165) is 12.1 Å². The van der Waals surface area contributed by atoms with Crippen molar-refractivity contribution in [3.8, 4) is 5.75 Å². The highest BCUT2D eigenvalue weighted by Gasteiger charge is 2.93. The van der Waals surface area contributed by atoms with Crippen molar-refractivity contribution in [2.75, 3.05) is 39.3 Å². The van der Waals surface area contributed by atoms with Gasteiger partial charge in [0, 0.05) is 23.4 Å². The summed E-state index contributed by atoms with van der Waals surface area (Å²) in [6.07, 6.45) is -1.17. The SMILES string of the molecule is COC(=O)N1c2c(OC)cccc2[C@@]23CCN4C[C@@H]5O[C@@H]5[C@]5(CC[C@]12[C@](O)(C(=O)OC)[C@@H]5O)[C@H]43. The van der Waals surface area contributed by atoms with Gasteiger partial charge in [-0.05, 0) is 37.4 Å². The summed E-state index contributed by atoms with van der Waals surface area (Å²) in [7, 11) is 3.98. The van der Waals surface area contributed by atoms with Crippen LogP contribution < -0.4 is 9.64 Å². The van der Waals surface area contributed by atoms with Gasteiger partial charge in [0.1, 0.15) is 17.4 Å². The topological polar surface area (TPSA) is 121 Å². The zero-order valence-corrected chi connectivity index (χ0v) is 19.3. The van der Waals surface area contributed by atoms with E-state index in [1.165, 1.54) is 26.2 Å².